The van der Waals surface area contributed by atoms with Gasteiger partial charge in [-0.1, -0.05) is 24.6 Å². The molecule has 3 heterocycles. The lowest BCUT2D eigenvalue weighted by Gasteiger charge is -2.33. The largest absolute Gasteiger partial charge is 0.416 e. The fourth-order valence-electron chi connectivity index (χ4n) is 4.95. The first-order valence-corrected chi connectivity index (χ1v) is 11.9. The minimum absolute atomic E-state index is 0.0570. The van der Waals surface area contributed by atoms with E-state index in [1.165, 1.54) is 37.0 Å². The normalized spacial score (nSPS) is 20.0. The predicted octanol–water partition coefficient (Wildman–Crippen LogP) is 7.18. The molecule has 5 rings (SSSR count). The summed E-state index contributed by atoms with van der Waals surface area (Å²) in [7, 11) is 0. The van der Waals surface area contributed by atoms with Gasteiger partial charge in [-0.05, 0) is 79.1 Å². The first-order valence-electron chi connectivity index (χ1n) is 11.1. The van der Waals surface area contributed by atoms with Crippen LogP contribution in [0, 0.1) is 0 Å². The van der Waals surface area contributed by atoms with Gasteiger partial charge in [-0.25, -0.2) is 0 Å². The summed E-state index contributed by atoms with van der Waals surface area (Å²) in [6.07, 6.45) is 3.85. The lowest BCUT2D eigenvalue weighted by atomic mass is 9.94. The van der Waals surface area contributed by atoms with Gasteiger partial charge in [0.05, 0.1) is 5.56 Å². The first-order chi connectivity index (χ1) is 15.4. The fraction of sp³-hybridized carbons (Fsp3) is 0.346. The van der Waals surface area contributed by atoms with E-state index >= 15 is 0 Å². The zero-order valence-corrected chi connectivity index (χ0v) is 18.4. The maximum atomic E-state index is 13.1. The SMILES string of the molecule is O=C(c1cccc(C(F)(F)F)c1)c1ccc2scc(C3=CCN4CCCCC4CC3)c2c1. The van der Waals surface area contributed by atoms with Crippen molar-refractivity contribution in [1.29, 1.82) is 0 Å². The molecule has 2 aliphatic rings. The Kier molecular flexibility index (Phi) is 5.68. The maximum Gasteiger partial charge on any atom is 0.416 e. The van der Waals surface area contributed by atoms with Crippen molar-refractivity contribution in [2.45, 2.75) is 44.3 Å². The van der Waals surface area contributed by atoms with Crippen molar-refractivity contribution < 1.29 is 18.0 Å². The molecule has 166 valence electrons. The van der Waals surface area contributed by atoms with Crippen molar-refractivity contribution in [2.24, 2.45) is 0 Å². The minimum Gasteiger partial charge on any atom is -0.297 e. The molecule has 0 radical (unpaired) electrons. The first kappa shape index (κ1) is 21.4. The zero-order valence-electron chi connectivity index (χ0n) is 17.6. The van der Waals surface area contributed by atoms with Gasteiger partial charge in [-0.3, -0.25) is 9.69 Å². The van der Waals surface area contributed by atoms with Gasteiger partial charge < -0.3 is 0 Å². The van der Waals surface area contributed by atoms with Gasteiger partial charge in [0, 0.05) is 33.8 Å². The van der Waals surface area contributed by atoms with E-state index in [0.29, 0.717) is 11.6 Å². The molecule has 0 saturated carbocycles. The van der Waals surface area contributed by atoms with E-state index in [-0.39, 0.29) is 11.3 Å². The molecule has 3 aromatic rings. The number of nitrogens with zero attached hydrogens (tertiary/aromatic N) is 1. The van der Waals surface area contributed by atoms with Crippen LogP contribution in [0.5, 0.6) is 0 Å². The van der Waals surface area contributed by atoms with Gasteiger partial charge in [0.25, 0.3) is 0 Å². The highest BCUT2D eigenvalue weighted by Gasteiger charge is 2.31. The number of halogens is 3. The molecule has 2 aliphatic heterocycles. The summed E-state index contributed by atoms with van der Waals surface area (Å²) < 4.78 is 40.3. The van der Waals surface area contributed by atoms with Crippen LogP contribution in [0.3, 0.4) is 0 Å². The van der Waals surface area contributed by atoms with Crippen LogP contribution in [0.25, 0.3) is 15.7 Å². The number of fused-ring (bicyclic) bond motifs is 2. The Bertz CT molecular complexity index is 1190. The maximum absolute atomic E-state index is 13.1. The number of alkyl halides is 3. The van der Waals surface area contributed by atoms with Gasteiger partial charge in [0.1, 0.15) is 0 Å². The number of benzene rings is 2. The third-order valence-electron chi connectivity index (χ3n) is 6.70. The highest BCUT2D eigenvalue weighted by molar-refractivity contribution is 7.17. The number of carbonyl (C=O) groups excluding carboxylic acids is 1. The molecule has 2 aromatic carbocycles. The number of carbonyl (C=O) groups is 1. The van der Waals surface area contributed by atoms with Crippen molar-refractivity contribution in [3.63, 3.8) is 0 Å². The second-order valence-electron chi connectivity index (χ2n) is 8.68. The molecule has 1 saturated heterocycles. The standard InChI is InChI=1S/C26H24F3NOS/c27-26(28,29)20-5-3-4-18(14-20)25(31)19-8-10-24-22(15-19)23(16-32-24)17-7-9-21-6-1-2-12-30(21)13-11-17/h3-5,8,10-11,14-16,21H,1-2,6-7,9,12-13H2. The Labute approximate surface area is 189 Å². The predicted molar refractivity (Wildman–Crippen MR) is 123 cm³/mol. The van der Waals surface area contributed by atoms with Crippen molar-refractivity contribution in [3.8, 4) is 0 Å². The Hall–Kier alpha value is -2.44. The second kappa shape index (κ2) is 8.49. The quantitative estimate of drug-likeness (QED) is 0.390. The van der Waals surface area contributed by atoms with E-state index in [0.717, 1.165) is 53.7 Å². The van der Waals surface area contributed by atoms with Crippen molar-refractivity contribution in [1.82, 2.24) is 4.90 Å². The number of hydrogen-bond acceptors (Lipinski definition) is 3. The lowest BCUT2D eigenvalue weighted by molar-refractivity contribution is -0.137. The number of piperidine rings is 1. The van der Waals surface area contributed by atoms with Crippen LogP contribution < -0.4 is 0 Å². The molecule has 0 spiro atoms. The summed E-state index contributed by atoms with van der Waals surface area (Å²) in [6, 6.07) is 10.8. The number of allylic oxidation sites excluding steroid dienone is 1. The van der Waals surface area contributed by atoms with Gasteiger partial charge in [0.15, 0.2) is 5.78 Å². The van der Waals surface area contributed by atoms with Crippen LogP contribution in [0.2, 0.25) is 0 Å². The highest BCUT2D eigenvalue weighted by Crippen LogP contribution is 2.37. The zero-order chi connectivity index (χ0) is 22.3. The highest BCUT2D eigenvalue weighted by atomic mass is 32.1. The average molecular weight is 456 g/mol. The van der Waals surface area contributed by atoms with Gasteiger partial charge in [0.2, 0.25) is 0 Å². The van der Waals surface area contributed by atoms with E-state index in [4.69, 9.17) is 0 Å². The summed E-state index contributed by atoms with van der Waals surface area (Å²) in [5.74, 6) is -0.387. The van der Waals surface area contributed by atoms with Crippen LogP contribution in [-0.4, -0.2) is 29.8 Å². The number of rotatable bonds is 3. The molecule has 2 nitrogen and oxygen atoms in total. The summed E-state index contributed by atoms with van der Waals surface area (Å²) in [5, 5.41) is 3.17. The summed E-state index contributed by atoms with van der Waals surface area (Å²) >= 11 is 1.65. The number of hydrogen-bond donors (Lipinski definition) is 0. The summed E-state index contributed by atoms with van der Waals surface area (Å²) in [4.78, 5) is 15.6. The van der Waals surface area contributed by atoms with Crippen molar-refractivity contribution in [3.05, 3.63) is 76.2 Å². The van der Waals surface area contributed by atoms with Crippen molar-refractivity contribution >= 4 is 32.8 Å². The topological polar surface area (TPSA) is 20.3 Å². The average Bonchev–Trinajstić information content (AvgIpc) is 3.10. The van der Waals surface area contributed by atoms with Crippen LogP contribution >= 0.6 is 11.3 Å². The Morgan fingerprint density at radius 2 is 1.88 bits per heavy atom. The van der Waals surface area contributed by atoms with E-state index in [9.17, 15) is 18.0 Å². The molecule has 0 bridgehead atoms. The Morgan fingerprint density at radius 1 is 1.03 bits per heavy atom. The summed E-state index contributed by atoms with van der Waals surface area (Å²) in [5.41, 5.74) is 2.14. The van der Waals surface area contributed by atoms with Crippen LogP contribution in [-0.2, 0) is 6.18 Å². The molecule has 32 heavy (non-hydrogen) atoms. The molecule has 0 N–H and O–H groups in total. The third kappa shape index (κ3) is 4.14. The smallest absolute Gasteiger partial charge is 0.297 e. The number of ketones is 1. The monoisotopic (exact) mass is 455 g/mol. The van der Waals surface area contributed by atoms with E-state index in [1.54, 1.807) is 17.4 Å². The molecular weight excluding hydrogens is 431 g/mol. The molecular formula is C26H24F3NOS. The Balaban J connectivity index is 1.47. The van der Waals surface area contributed by atoms with E-state index in [2.05, 4.69) is 16.4 Å². The second-order valence-corrected chi connectivity index (χ2v) is 9.59. The number of thiophene rings is 1. The summed E-state index contributed by atoms with van der Waals surface area (Å²) in [6.45, 7) is 2.12. The third-order valence-corrected chi connectivity index (χ3v) is 7.67. The van der Waals surface area contributed by atoms with Gasteiger partial charge in [-0.15, -0.1) is 11.3 Å². The molecule has 1 aromatic heterocycles. The van der Waals surface area contributed by atoms with Crippen LogP contribution in [0.1, 0.15) is 59.2 Å². The van der Waals surface area contributed by atoms with Gasteiger partial charge in [-0.2, -0.15) is 13.2 Å². The van der Waals surface area contributed by atoms with Crippen molar-refractivity contribution in [2.75, 3.05) is 13.1 Å². The van der Waals surface area contributed by atoms with E-state index < -0.39 is 11.7 Å². The minimum atomic E-state index is -4.47. The molecule has 1 atom stereocenters. The lowest BCUT2D eigenvalue weighted by Crippen LogP contribution is -2.38. The molecule has 1 unspecified atom stereocenters. The molecule has 0 aliphatic carbocycles. The Morgan fingerprint density at radius 3 is 2.72 bits per heavy atom. The van der Waals surface area contributed by atoms with Gasteiger partial charge >= 0.3 is 6.18 Å². The van der Waals surface area contributed by atoms with Crippen LogP contribution in [0.15, 0.2) is 53.9 Å². The van der Waals surface area contributed by atoms with Crippen LogP contribution in [0.4, 0.5) is 13.2 Å². The molecule has 0 amide bonds. The molecule has 6 heteroatoms. The molecule has 1 fully saturated rings. The fourth-order valence-corrected chi connectivity index (χ4v) is 5.91. The van der Waals surface area contributed by atoms with E-state index in [1.807, 2.05) is 12.1 Å².